The molecule has 0 saturated heterocycles. The molecule has 0 bridgehead atoms. The quantitative estimate of drug-likeness (QED) is 0.783. The largest absolute Gasteiger partial charge is 0.384 e. The molecule has 0 aliphatic carbocycles. The standard InChI is InChI=1S/C17H15FN2O/c1-10-7-11(2)16(13(18)8-10)17(21)12-3-4-14-15(9-12)20-6-5-19-14/h3-9,17,21H,1-2H3. The van der Waals surface area contributed by atoms with Crippen LogP contribution >= 0.6 is 0 Å². The Morgan fingerprint density at radius 3 is 2.43 bits per heavy atom. The normalized spacial score (nSPS) is 12.6. The zero-order valence-corrected chi connectivity index (χ0v) is 11.8. The second-order valence-electron chi connectivity index (χ2n) is 5.18. The number of benzene rings is 2. The first-order valence-electron chi connectivity index (χ1n) is 6.71. The van der Waals surface area contributed by atoms with Crippen LogP contribution in [0.5, 0.6) is 0 Å². The zero-order chi connectivity index (χ0) is 15.0. The first-order valence-corrected chi connectivity index (χ1v) is 6.71. The molecule has 0 radical (unpaired) electrons. The average Bonchev–Trinajstić information content (AvgIpc) is 2.45. The van der Waals surface area contributed by atoms with Crippen LogP contribution in [0.4, 0.5) is 4.39 Å². The Bertz CT molecular complexity index is 794. The second kappa shape index (κ2) is 5.22. The van der Waals surface area contributed by atoms with Crippen LogP contribution in [0.25, 0.3) is 11.0 Å². The lowest BCUT2D eigenvalue weighted by molar-refractivity contribution is 0.214. The lowest BCUT2D eigenvalue weighted by Gasteiger charge is -2.16. The SMILES string of the molecule is Cc1cc(C)c(C(O)c2ccc3nccnc3c2)c(F)c1. The number of halogens is 1. The Balaban J connectivity index is 2.10. The summed E-state index contributed by atoms with van der Waals surface area (Å²) >= 11 is 0. The van der Waals surface area contributed by atoms with Gasteiger partial charge < -0.3 is 5.11 Å². The third-order valence-electron chi connectivity index (χ3n) is 3.56. The van der Waals surface area contributed by atoms with Gasteiger partial charge >= 0.3 is 0 Å². The average molecular weight is 282 g/mol. The lowest BCUT2D eigenvalue weighted by Crippen LogP contribution is -2.06. The van der Waals surface area contributed by atoms with E-state index in [1.54, 1.807) is 37.5 Å². The van der Waals surface area contributed by atoms with E-state index in [1.807, 2.05) is 13.0 Å². The van der Waals surface area contributed by atoms with Crippen molar-refractivity contribution < 1.29 is 9.50 Å². The van der Waals surface area contributed by atoms with E-state index in [9.17, 15) is 9.50 Å². The summed E-state index contributed by atoms with van der Waals surface area (Å²) in [7, 11) is 0. The maximum atomic E-state index is 14.2. The molecular formula is C17H15FN2O. The number of aliphatic hydroxyl groups excluding tert-OH is 1. The van der Waals surface area contributed by atoms with Crippen molar-refractivity contribution in [1.29, 1.82) is 0 Å². The van der Waals surface area contributed by atoms with Crippen LogP contribution in [0, 0.1) is 19.7 Å². The topological polar surface area (TPSA) is 46.0 Å². The van der Waals surface area contributed by atoms with E-state index in [2.05, 4.69) is 9.97 Å². The summed E-state index contributed by atoms with van der Waals surface area (Å²) in [6, 6.07) is 8.57. The second-order valence-corrected chi connectivity index (χ2v) is 5.18. The number of nitrogens with zero attached hydrogens (tertiary/aromatic N) is 2. The van der Waals surface area contributed by atoms with Gasteiger partial charge in [0.15, 0.2) is 0 Å². The molecule has 1 N–H and O–H groups in total. The molecule has 3 nitrogen and oxygen atoms in total. The van der Waals surface area contributed by atoms with Crippen molar-refractivity contribution in [1.82, 2.24) is 9.97 Å². The summed E-state index contributed by atoms with van der Waals surface area (Å²) in [5.41, 5.74) is 3.91. The molecule has 106 valence electrons. The molecular weight excluding hydrogens is 267 g/mol. The molecule has 1 unspecified atom stereocenters. The van der Waals surface area contributed by atoms with Gasteiger partial charge in [-0.15, -0.1) is 0 Å². The third kappa shape index (κ3) is 2.50. The number of fused-ring (bicyclic) bond motifs is 1. The fourth-order valence-corrected chi connectivity index (χ4v) is 2.59. The summed E-state index contributed by atoms with van der Waals surface area (Å²) in [4.78, 5) is 8.39. The van der Waals surface area contributed by atoms with Gasteiger partial charge in [-0.3, -0.25) is 9.97 Å². The molecule has 1 atom stereocenters. The maximum absolute atomic E-state index is 14.2. The van der Waals surface area contributed by atoms with Gasteiger partial charge in [-0.1, -0.05) is 12.1 Å². The highest BCUT2D eigenvalue weighted by Gasteiger charge is 2.18. The summed E-state index contributed by atoms with van der Waals surface area (Å²) in [6.45, 7) is 3.63. The van der Waals surface area contributed by atoms with E-state index in [4.69, 9.17) is 0 Å². The lowest BCUT2D eigenvalue weighted by atomic mass is 9.95. The van der Waals surface area contributed by atoms with E-state index in [1.165, 1.54) is 6.07 Å². The van der Waals surface area contributed by atoms with E-state index in [0.717, 1.165) is 16.6 Å². The predicted molar refractivity (Wildman–Crippen MR) is 79.5 cm³/mol. The van der Waals surface area contributed by atoms with E-state index < -0.39 is 6.10 Å². The maximum Gasteiger partial charge on any atom is 0.129 e. The Kier molecular flexibility index (Phi) is 3.39. The van der Waals surface area contributed by atoms with Crippen LogP contribution in [-0.2, 0) is 0 Å². The van der Waals surface area contributed by atoms with Gasteiger partial charge in [-0.2, -0.15) is 0 Å². The van der Waals surface area contributed by atoms with Crippen LogP contribution in [0.1, 0.15) is 28.4 Å². The number of hydrogen-bond acceptors (Lipinski definition) is 3. The van der Waals surface area contributed by atoms with Crippen LogP contribution < -0.4 is 0 Å². The Labute approximate surface area is 122 Å². The molecule has 0 fully saturated rings. The van der Waals surface area contributed by atoms with Gasteiger partial charge in [-0.25, -0.2) is 4.39 Å². The Hall–Kier alpha value is -2.33. The van der Waals surface area contributed by atoms with E-state index in [-0.39, 0.29) is 5.82 Å². The summed E-state index contributed by atoms with van der Waals surface area (Å²) in [6.07, 6.45) is 2.19. The number of aliphatic hydroxyl groups is 1. The fraction of sp³-hybridized carbons (Fsp3) is 0.176. The smallest absolute Gasteiger partial charge is 0.129 e. The highest BCUT2D eigenvalue weighted by Crippen LogP contribution is 2.29. The zero-order valence-electron chi connectivity index (χ0n) is 11.8. The molecule has 0 spiro atoms. The van der Waals surface area contributed by atoms with Crippen molar-refractivity contribution in [3.05, 3.63) is 70.8 Å². The molecule has 3 rings (SSSR count). The van der Waals surface area contributed by atoms with E-state index in [0.29, 0.717) is 16.6 Å². The Morgan fingerprint density at radius 1 is 1.00 bits per heavy atom. The first kappa shape index (κ1) is 13.6. The minimum atomic E-state index is -1.02. The molecule has 0 saturated carbocycles. The van der Waals surface area contributed by atoms with Crippen molar-refractivity contribution >= 4 is 11.0 Å². The van der Waals surface area contributed by atoms with Gasteiger partial charge in [0.25, 0.3) is 0 Å². The number of aromatic nitrogens is 2. The number of hydrogen-bond donors (Lipinski definition) is 1. The van der Waals surface area contributed by atoms with E-state index >= 15 is 0 Å². The monoisotopic (exact) mass is 282 g/mol. The minimum absolute atomic E-state index is 0.309. The minimum Gasteiger partial charge on any atom is -0.384 e. The molecule has 0 aliphatic heterocycles. The van der Waals surface area contributed by atoms with Gasteiger partial charge in [0.1, 0.15) is 11.9 Å². The van der Waals surface area contributed by atoms with Gasteiger partial charge in [0, 0.05) is 18.0 Å². The molecule has 21 heavy (non-hydrogen) atoms. The van der Waals surface area contributed by atoms with Crippen molar-refractivity contribution in [2.75, 3.05) is 0 Å². The van der Waals surface area contributed by atoms with Crippen molar-refractivity contribution in [2.45, 2.75) is 20.0 Å². The molecule has 1 heterocycles. The summed E-state index contributed by atoms with van der Waals surface area (Å²) < 4.78 is 14.2. The van der Waals surface area contributed by atoms with Gasteiger partial charge in [-0.05, 0) is 48.7 Å². The van der Waals surface area contributed by atoms with Crippen molar-refractivity contribution in [2.24, 2.45) is 0 Å². The van der Waals surface area contributed by atoms with Crippen LogP contribution in [0.15, 0.2) is 42.7 Å². The molecule has 0 amide bonds. The van der Waals surface area contributed by atoms with Gasteiger partial charge in [0.2, 0.25) is 0 Å². The van der Waals surface area contributed by atoms with Gasteiger partial charge in [0.05, 0.1) is 11.0 Å². The number of aryl methyl sites for hydroxylation is 2. The summed E-state index contributed by atoms with van der Waals surface area (Å²) in [5.74, 6) is -0.390. The van der Waals surface area contributed by atoms with Crippen LogP contribution in [0.3, 0.4) is 0 Å². The molecule has 0 aliphatic rings. The summed E-state index contributed by atoms with van der Waals surface area (Å²) in [5, 5.41) is 10.5. The van der Waals surface area contributed by atoms with Crippen LogP contribution in [-0.4, -0.2) is 15.1 Å². The first-order chi connectivity index (χ1) is 10.1. The van der Waals surface area contributed by atoms with Crippen LogP contribution in [0.2, 0.25) is 0 Å². The molecule has 2 aromatic carbocycles. The molecule has 3 aromatic rings. The number of rotatable bonds is 2. The Morgan fingerprint density at radius 2 is 1.71 bits per heavy atom. The third-order valence-corrected chi connectivity index (χ3v) is 3.56. The van der Waals surface area contributed by atoms with Crippen molar-refractivity contribution in [3.63, 3.8) is 0 Å². The molecule has 1 aromatic heterocycles. The predicted octanol–water partition coefficient (Wildman–Crippen LogP) is 3.47. The molecule has 4 heteroatoms. The fourth-order valence-electron chi connectivity index (χ4n) is 2.59. The highest BCUT2D eigenvalue weighted by atomic mass is 19.1. The van der Waals surface area contributed by atoms with Crippen molar-refractivity contribution in [3.8, 4) is 0 Å². The highest BCUT2D eigenvalue weighted by molar-refractivity contribution is 5.74.